The van der Waals surface area contributed by atoms with Crippen LogP contribution in [0.2, 0.25) is 18.1 Å². The molecule has 0 unspecified atom stereocenters. The minimum atomic E-state index is -4.81. The molecule has 4 nitrogen and oxygen atoms in total. The monoisotopic (exact) mass is 499 g/mol. The zero-order valence-electron chi connectivity index (χ0n) is 21.8. The molecule has 192 valence electrons. The zero-order chi connectivity index (χ0) is 26.4. The summed E-state index contributed by atoms with van der Waals surface area (Å²) in [7, 11) is -0.762. The molecule has 0 aromatic heterocycles. The van der Waals surface area contributed by atoms with Crippen molar-refractivity contribution in [3.8, 4) is 11.5 Å². The summed E-state index contributed by atoms with van der Waals surface area (Å²) in [6, 6.07) is 4.81. The molecule has 0 bridgehead atoms. The fourth-order valence-electron chi connectivity index (χ4n) is 2.97. The van der Waals surface area contributed by atoms with Crippen LogP contribution in [-0.4, -0.2) is 38.9 Å². The molecule has 0 saturated carbocycles. The van der Waals surface area contributed by atoms with E-state index in [9.17, 15) is 13.2 Å². The minimum Gasteiger partial charge on any atom is -0.541 e. The quantitative estimate of drug-likeness (QED) is 0.166. The molecule has 0 spiro atoms. The summed E-state index contributed by atoms with van der Waals surface area (Å²) in [6.07, 6.45) is 1.68. The van der Waals surface area contributed by atoms with Crippen LogP contribution in [0.4, 0.5) is 13.2 Å². The van der Waals surface area contributed by atoms with Gasteiger partial charge in [0.25, 0.3) is 8.32 Å². The maximum atomic E-state index is 13.1. The van der Waals surface area contributed by atoms with Crippen molar-refractivity contribution in [1.29, 1.82) is 0 Å². The number of hydroxylamine groups is 2. The van der Waals surface area contributed by atoms with Gasteiger partial charge in [-0.1, -0.05) is 58.2 Å². The Kier molecular flexibility index (Phi) is 10.2. The second kappa shape index (κ2) is 11.6. The summed E-state index contributed by atoms with van der Waals surface area (Å²) in [6.45, 7) is 22.3. The van der Waals surface area contributed by atoms with E-state index in [2.05, 4.69) is 17.9 Å². The van der Waals surface area contributed by atoms with Crippen molar-refractivity contribution < 1.29 is 27.2 Å². The number of ether oxygens (including phenoxy) is 1. The number of benzene rings is 1. The van der Waals surface area contributed by atoms with Gasteiger partial charge in [0.1, 0.15) is 5.75 Å². The van der Waals surface area contributed by atoms with Crippen molar-refractivity contribution in [1.82, 2.24) is 5.06 Å². The van der Waals surface area contributed by atoms with E-state index < -0.39 is 20.2 Å². The Morgan fingerprint density at radius 2 is 1.71 bits per heavy atom. The highest BCUT2D eigenvalue weighted by Gasteiger charge is 2.40. The van der Waals surface area contributed by atoms with Crippen molar-refractivity contribution in [2.24, 2.45) is 0 Å². The Balaban J connectivity index is 3.11. The van der Waals surface area contributed by atoms with Crippen molar-refractivity contribution in [2.75, 3.05) is 13.7 Å². The Hall–Kier alpha value is -2.03. The Morgan fingerprint density at radius 1 is 1.09 bits per heavy atom. The number of rotatable bonds is 12. The van der Waals surface area contributed by atoms with Gasteiger partial charge in [-0.15, -0.1) is 13.2 Å². The predicted octanol–water partition coefficient (Wildman–Crippen LogP) is 7.84. The van der Waals surface area contributed by atoms with Crippen LogP contribution in [0, 0.1) is 0 Å². The second-order valence-corrected chi connectivity index (χ2v) is 15.2. The lowest BCUT2D eigenvalue weighted by molar-refractivity contribution is -0.275. The molecular formula is C26H40F3NO3Si. The van der Waals surface area contributed by atoms with Gasteiger partial charge in [0.2, 0.25) is 0 Å². The molecule has 0 aliphatic rings. The van der Waals surface area contributed by atoms with Gasteiger partial charge < -0.3 is 14.0 Å². The van der Waals surface area contributed by atoms with Gasteiger partial charge in [-0.25, -0.2) is 0 Å². The average molecular weight is 500 g/mol. The van der Waals surface area contributed by atoms with Crippen molar-refractivity contribution >= 4 is 8.32 Å². The summed E-state index contributed by atoms with van der Waals surface area (Å²) >= 11 is 0. The lowest BCUT2D eigenvalue weighted by atomic mass is 9.94. The first kappa shape index (κ1) is 30.0. The van der Waals surface area contributed by atoms with E-state index in [0.717, 1.165) is 11.1 Å². The molecule has 0 heterocycles. The molecule has 0 fully saturated rings. The molecule has 0 N–H and O–H groups in total. The first-order valence-electron chi connectivity index (χ1n) is 11.3. The molecule has 1 rings (SSSR count). The zero-order valence-corrected chi connectivity index (χ0v) is 22.8. The molecule has 0 radical (unpaired) electrons. The number of aryl methyl sites for hydroxylation is 1. The smallest absolute Gasteiger partial charge is 0.541 e. The fourth-order valence-corrected chi connectivity index (χ4v) is 3.99. The summed E-state index contributed by atoms with van der Waals surface area (Å²) in [5, 5.41) is 1.64. The molecule has 0 aliphatic heterocycles. The molecule has 1 aromatic rings. The molecule has 0 saturated heterocycles. The minimum absolute atomic E-state index is 0.121. The van der Waals surface area contributed by atoms with E-state index in [4.69, 9.17) is 9.26 Å². The third kappa shape index (κ3) is 9.31. The second-order valence-electron chi connectivity index (χ2n) is 10.5. The van der Waals surface area contributed by atoms with Crippen molar-refractivity contribution in [3.63, 3.8) is 0 Å². The van der Waals surface area contributed by atoms with Gasteiger partial charge in [0, 0.05) is 12.1 Å². The van der Waals surface area contributed by atoms with Crippen LogP contribution in [0.3, 0.4) is 0 Å². The Labute approximate surface area is 204 Å². The van der Waals surface area contributed by atoms with Crippen LogP contribution in [0.1, 0.15) is 46.6 Å². The fraction of sp³-hybridized carbons (Fsp3) is 0.538. The topological polar surface area (TPSA) is 30.9 Å². The van der Waals surface area contributed by atoms with Gasteiger partial charge in [-0.2, -0.15) is 5.06 Å². The third-order valence-corrected chi connectivity index (χ3v) is 10.5. The van der Waals surface area contributed by atoms with E-state index in [1.165, 1.54) is 6.07 Å². The van der Waals surface area contributed by atoms with Crippen molar-refractivity contribution in [3.05, 3.63) is 60.7 Å². The SMILES string of the molecule is C=C/C=C\C(=C)CN(OC)C(C)(C)CCc1ccc(O[Si](C)(C)C(C)(C)C)c(OC(F)(F)F)c1. The van der Waals surface area contributed by atoms with Gasteiger partial charge >= 0.3 is 6.36 Å². The third-order valence-electron chi connectivity index (χ3n) is 6.14. The van der Waals surface area contributed by atoms with Crippen LogP contribution in [-0.2, 0) is 11.3 Å². The van der Waals surface area contributed by atoms with Crippen LogP contribution in [0.25, 0.3) is 0 Å². The van der Waals surface area contributed by atoms with Gasteiger partial charge in [-0.05, 0) is 68.1 Å². The first-order valence-corrected chi connectivity index (χ1v) is 14.2. The molecule has 1 aromatic carbocycles. The molecule has 0 atom stereocenters. The lowest BCUT2D eigenvalue weighted by Gasteiger charge is -2.37. The van der Waals surface area contributed by atoms with E-state index in [1.54, 1.807) is 31.4 Å². The maximum absolute atomic E-state index is 13.1. The number of nitrogens with zero attached hydrogens (tertiary/aromatic N) is 1. The largest absolute Gasteiger partial charge is 0.573 e. The van der Waals surface area contributed by atoms with Gasteiger partial charge in [0.15, 0.2) is 5.75 Å². The van der Waals surface area contributed by atoms with Gasteiger partial charge in [-0.3, -0.25) is 0 Å². The summed E-state index contributed by atoms with van der Waals surface area (Å²) in [4.78, 5) is 5.57. The van der Waals surface area contributed by atoms with Crippen LogP contribution < -0.4 is 9.16 Å². The van der Waals surface area contributed by atoms with E-state index in [1.807, 2.05) is 58.9 Å². The van der Waals surface area contributed by atoms with E-state index in [-0.39, 0.29) is 16.5 Å². The number of alkyl halides is 3. The molecule has 0 amide bonds. The van der Waals surface area contributed by atoms with Crippen LogP contribution in [0.15, 0.2) is 55.2 Å². The van der Waals surface area contributed by atoms with Gasteiger partial charge in [0.05, 0.1) is 7.11 Å². The molecule has 34 heavy (non-hydrogen) atoms. The number of hydrogen-bond acceptors (Lipinski definition) is 4. The highest BCUT2D eigenvalue weighted by molar-refractivity contribution is 6.74. The predicted molar refractivity (Wildman–Crippen MR) is 136 cm³/mol. The molecular weight excluding hydrogens is 459 g/mol. The molecule has 8 heteroatoms. The highest BCUT2D eigenvalue weighted by Crippen LogP contribution is 2.41. The van der Waals surface area contributed by atoms with E-state index in [0.29, 0.717) is 19.4 Å². The standard InChI is InChI=1S/C26H40F3NO3Si/c1-11-12-13-20(2)19-30(31-8)25(6,7)17-16-21-14-15-22(23(18-21)32-26(27,28)29)33-34(9,10)24(3,4)5/h11-15,18H,1-2,16-17,19H2,3-10H3/b13-12-. The normalized spacial score (nSPS) is 13.4. The van der Waals surface area contributed by atoms with Crippen LogP contribution >= 0.6 is 0 Å². The highest BCUT2D eigenvalue weighted by atomic mass is 28.4. The number of halogens is 3. The summed E-state index contributed by atoms with van der Waals surface area (Å²) in [5.74, 6) is -0.185. The average Bonchev–Trinajstić information content (AvgIpc) is 2.68. The Morgan fingerprint density at radius 3 is 2.21 bits per heavy atom. The number of allylic oxidation sites excluding steroid dienone is 2. The number of hydrogen-bond donors (Lipinski definition) is 0. The maximum Gasteiger partial charge on any atom is 0.573 e. The summed E-state index contributed by atoms with van der Waals surface area (Å²) < 4.78 is 49.9. The Bertz CT molecular complexity index is 871. The van der Waals surface area contributed by atoms with Crippen LogP contribution in [0.5, 0.6) is 11.5 Å². The van der Waals surface area contributed by atoms with E-state index >= 15 is 0 Å². The first-order chi connectivity index (χ1) is 15.4. The van der Waals surface area contributed by atoms with Crippen molar-refractivity contribution in [2.45, 2.75) is 77.5 Å². The molecule has 0 aliphatic carbocycles. The summed E-state index contributed by atoms with van der Waals surface area (Å²) in [5.41, 5.74) is 1.17. The lowest BCUT2D eigenvalue weighted by Crippen LogP contribution is -2.44.